The molecule has 10 heteroatoms. The number of esters is 1. The highest BCUT2D eigenvalue weighted by atomic mass is 79.9. The van der Waals surface area contributed by atoms with Crippen LogP contribution in [-0.4, -0.2) is 56.8 Å². The highest BCUT2D eigenvalue weighted by Gasteiger charge is 2.44. The molecule has 0 spiro atoms. The van der Waals surface area contributed by atoms with Crippen molar-refractivity contribution >= 4 is 38.1 Å². The molecule has 2 unspecified atom stereocenters. The van der Waals surface area contributed by atoms with Gasteiger partial charge in [-0.15, -0.1) is 0 Å². The maximum absolute atomic E-state index is 12.5. The Labute approximate surface area is 167 Å². The minimum Gasteiger partial charge on any atom is -0.467 e. The van der Waals surface area contributed by atoms with Crippen molar-refractivity contribution < 1.29 is 31.7 Å². The molecule has 1 saturated heterocycles. The zero-order chi connectivity index (χ0) is 20.4. The van der Waals surface area contributed by atoms with E-state index in [4.69, 9.17) is 13.7 Å². The van der Waals surface area contributed by atoms with Crippen LogP contribution < -0.4 is 0 Å². The maximum Gasteiger partial charge on any atom is 0.411 e. The van der Waals surface area contributed by atoms with Gasteiger partial charge in [0.1, 0.15) is 11.6 Å². The van der Waals surface area contributed by atoms with Crippen molar-refractivity contribution in [2.45, 2.75) is 49.8 Å². The van der Waals surface area contributed by atoms with Crippen LogP contribution in [-0.2, 0) is 28.6 Å². The normalized spacial score (nSPS) is 20.4. The first-order valence-corrected chi connectivity index (χ1v) is 10.4. The quantitative estimate of drug-likeness (QED) is 0.499. The smallest absolute Gasteiger partial charge is 0.411 e. The Kier molecular flexibility index (Phi) is 6.54. The summed E-state index contributed by atoms with van der Waals surface area (Å²) in [4.78, 5) is 25.5. The lowest BCUT2D eigenvalue weighted by molar-refractivity contribution is -0.145. The van der Waals surface area contributed by atoms with Crippen LogP contribution in [0, 0.1) is 0 Å². The molecule has 0 N–H and O–H groups in total. The largest absolute Gasteiger partial charge is 0.467 e. The zero-order valence-electron chi connectivity index (χ0n) is 15.5. The fourth-order valence-corrected chi connectivity index (χ4v) is 3.93. The second-order valence-electron chi connectivity index (χ2n) is 7.03. The molecule has 1 aromatic rings. The van der Waals surface area contributed by atoms with E-state index in [1.165, 1.54) is 19.2 Å². The van der Waals surface area contributed by atoms with E-state index in [9.17, 15) is 18.0 Å². The Morgan fingerprint density at radius 1 is 1.19 bits per heavy atom. The van der Waals surface area contributed by atoms with Crippen LogP contribution in [0.25, 0.3) is 0 Å². The second kappa shape index (κ2) is 8.15. The van der Waals surface area contributed by atoms with E-state index in [-0.39, 0.29) is 17.9 Å². The van der Waals surface area contributed by atoms with E-state index in [0.717, 1.165) is 9.37 Å². The lowest BCUT2D eigenvalue weighted by atomic mass is 10.2. The first-order valence-electron chi connectivity index (χ1n) is 8.19. The van der Waals surface area contributed by atoms with Crippen molar-refractivity contribution in [1.29, 1.82) is 0 Å². The van der Waals surface area contributed by atoms with E-state index >= 15 is 0 Å². The van der Waals surface area contributed by atoms with Gasteiger partial charge < -0.3 is 9.47 Å². The van der Waals surface area contributed by atoms with Crippen molar-refractivity contribution in [1.82, 2.24) is 4.90 Å². The Morgan fingerprint density at radius 2 is 1.78 bits per heavy atom. The number of halogens is 1. The summed E-state index contributed by atoms with van der Waals surface area (Å²) in [6.45, 7) is 4.98. The summed E-state index contributed by atoms with van der Waals surface area (Å²) >= 11 is 3.23. The molecule has 1 aliphatic heterocycles. The van der Waals surface area contributed by atoms with Crippen LogP contribution in [0.1, 0.15) is 27.2 Å². The van der Waals surface area contributed by atoms with Crippen molar-refractivity contribution in [2.24, 2.45) is 0 Å². The van der Waals surface area contributed by atoms with Crippen LogP contribution >= 0.6 is 15.9 Å². The number of benzene rings is 1. The Balaban J connectivity index is 2.18. The number of ether oxygens (including phenoxy) is 2. The summed E-state index contributed by atoms with van der Waals surface area (Å²) in [6, 6.07) is 4.98. The van der Waals surface area contributed by atoms with Gasteiger partial charge in [-0.1, -0.05) is 15.9 Å². The number of nitrogens with zero attached hydrogens (tertiary/aromatic N) is 1. The molecule has 0 saturated carbocycles. The molecule has 1 aliphatic rings. The molecule has 1 heterocycles. The molecule has 1 fully saturated rings. The number of methoxy groups -OCH3 is 1. The number of rotatable bonds is 4. The van der Waals surface area contributed by atoms with Gasteiger partial charge in [-0.05, 0) is 45.0 Å². The molecule has 1 aromatic carbocycles. The van der Waals surface area contributed by atoms with Gasteiger partial charge in [-0.25, -0.2) is 9.59 Å². The van der Waals surface area contributed by atoms with Gasteiger partial charge in [0.2, 0.25) is 0 Å². The lowest BCUT2D eigenvalue weighted by Crippen LogP contribution is -2.44. The Morgan fingerprint density at radius 3 is 2.30 bits per heavy atom. The summed E-state index contributed by atoms with van der Waals surface area (Å²) in [5.74, 6) is -0.659. The number of likely N-dealkylation sites (tertiary alicyclic amines) is 1. The molecule has 0 radical (unpaired) electrons. The zero-order valence-corrected chi connectivity index (χ0v) is 17.9. The standard InChI is InChI=1S/C17H22BrNO7S/c1-17(2,3)25-16(21)19-10-12(9-14(19)15(20)24-4)26-27(22,23)13-7-5-11(18)6-8-13/h5-8,12,14H,9-10H2,1-4H3. The number of hydrogen-bond donors (Lipinski definition) is 0. The van der Waals surface area contributed by atoms with Gasteiger partial charge in [-0.2, -0.15) is 8.42 Å². The van der Waals surface area contributed by atoms with E-state index in [1.54, 1.807) is 32.9 Å². The summed E-state index contributed by atoms with van der Waals surface area (Å²) in [5, 5.41) is 0. The monoisotopic (exact) mass is 463 g/mol. The van der Waals surface area contributed by atoms with Crippen molar-refractivity contribution in [3.63, 3.8) is 0 Å². The van der Waals surface area contributed by atoms with Crippen LogP contribution in [0.15, 0.2) is 33.6 Å². The van der Waals surface area contributed by atoms with Crippen LogP contribution in [0.4, 0.5) is 4.79 Å². The first kappa shape index (κ1) is 21.6. The number of carbonyl (C=O) groups excluding carboxylic acids is 2. The molecule has 0 aromatic heterocycles. The first-order chi connectivity index (χ1) is 12.4. The van der Waals surface area contributed by atoms with Gasteiger partial charge in [0.05, 0.1) is 24.7 Å². The van der Waals surface area contributed by atoms with E-state index in [0.29, 0.717) is 0 Å². The second-order valence-corrected chi connectivity index (χ2v) is 9.52. The predicted octanol–water partition coefficient (Wildman–Crippen LogP) is 2.71. The number of carbonyl (C=O) groups is 2. The molecule has 150 valence electrons. The molecule has 8 nitrogen and oxygen atoms in total. The lowest BCUT2D eigenvalue weighted by Gasteiger charge is -2.27. The van der Waals surface area contributed by atoms with Crippen LogP contribution in [0.2, 0.25) is 0 Å². The molecule has 2 rings (SSSR count). The summed E-state index contributed by atoms with van der Waals surface area (Å²) in [6.07, 6.45) is -1.64. The van der Waals surface area contributed by atoms with Crippen molar-refractivity contribution in [3.8, 4) is 0 Å². The number of hydrogen-bond acceptors (Lipinski definition) is 7. The molecular weight excluding hydrogens is 442 g/mol. The summed E-state index contributed by atoms with van der Waals surface area (Å²) < 4.78 is 40.9. The van der Waals surface area contributed by atoms with E-state index < -0.39 is 39.9 Å². The summed E-state index contributed by atoms with van der Waals surface area (Å²) in [7, 11) is -2.86. The van der Waals surface area contributed by atoms with Gasteiger partial charge in [0, 0.05) is 10.9 Å². The fraction of sp³-hybridized carbons (Fsp3) is 0.529. The van der Waals surface area contributed by atoms with Gasteiger partial charge >= 0.3 is 12.1 Å². The predicted molar refractivity (Wildman–Crippen MR) is 99.6 cm³/mol. The third-order valence-corrected chi connectivity index (χ3v) is 5.63. The fourth-order valence-electron chi connectivity index (χ4n) is 2.58. The highest BCUT2D eigenvalue weighted by molar-refractivity contribution is 9.10. The minimum absolute atomic E-state index is 0.0122. The molecule has 2 atom stereocenters. The Bertz CT molecular complexity index is 802. The van der Waals surface area contributed by atoms with Gasteiger partial charge in [0.25, 0.3) is 10.1 Å². The van der Waals surface area contributed by atoms with Crippen LogP contribution in [0.5, 0.6) is 0 Å². The van der Waals surface area contributed by atoms with Gasteiger partial charge in [0.15, 0.2) is 0 Å². The average molecular weight is 464 g/mol. The summed E-state index contributed by atoms with van der Waals surface area (Å²) in [5.41, 5.74) is -0.764. The average Bonchev–Trinajstić information content (AvgIpc) is 2.96. The molecule has 0 aliphatic carbocycles. The highest BCUT2D eigenvalue weighted by Crippen LogP contribution is 2.27. The van der Waals surface area contributed by atoms with Crippen molar-refractivity contribution in [2.75, 3.05) is 13.7 Å². The third-order valence-electron chi connectivity index (χ3n) is 3.73. The molecular formula is C17H22BrNO7S. The van der Waals surface area contributed by atoms with Crippen molar-refractivity contribution in [3.05, 3.63) is 28.7 Å². The van der Waals surface area contributed by atoms with Crippen LogP contribution in [0.3, 0.4) is 0 Å². The molecule has 1 amide bonds. The topological polar surface area (TPSA) is 99.2 Å². The van der Waals surface area contributed by atoms with E-state index in [2.05, 4.69) is 15.9 Å². The SMILES string of the molecule is COC(=O)C1CC(OS(=O)(=O)c2ccc(Br)cc2)CN1C(=O)OC(C)(C)C. The maximum atomic E-state index is 12.5. The minimum atomic E-state index is -4.05. The van der Waals surface area contributed by atoms with E-state index in [1.807, 2.05) is 0 Å². The molecule has 0 bridgehead atoms. The van der Waals surface area contributed by atoms with Gasteiger partial charge in [-0.3, -0.25) is 9.08 Å². The third kappa shape index (κ3) is 5.66. The number of amides is 1. The Hall–Kier alpha value is -1.65. The molecule has 27 heavy (non-hydrogen) atoms.